The van der Waals surface area contributed by atoms with Gasteiger partial charge in [-0.3, -0.25) is 9.59 Å². The highest BCUT2D eigenvalue weighted by Gasteiger charge is 2.26. The third-order valence-corrected chi connectivity index (χ3v) is 3.59. The molecule has 21 heavy (non-hydrogen) atoms. The molecule has 0 aromatic heterocycles. The molecule has 1 rings (SSSR count). The Kier molecular flexibility index (Phi) is 6.40. The van der Waals surface area contributed by atoms with Gasteiger partial charge in [0, 0.05) is 14.0 Å². The van der Waals surface area contributed by atoms with Crippen molar-refractivity contribution in [3.63, 3.8) is 0 Å². The van der Waals surface area contributed by atoms with Gasteiger partial charge in [0.15, 0.2) is 0 Å². The molecule has 0 spiro atoms. The van der Waals surface area contributed by atoms with Crippen LogP contribution >= 0.6 is 0 Å². The number of amides is 2. The molecular weight excluding hydrogens is 264 g/mol. The topological polar surface area (TPSA) is 49.4 Å². The molecule has 0 aliphatic carbocycles. The van der Waals surface area contributed by atoms with Crippen LogP contribution in [-0.4, -0.2) is 29.8 Å². The first-order chi connectivity index (χ1) is 9.82. The van der Waals surface area contributed by atoms with Gasteiger partial charge in [0.05, 0.1) is 6.04 Å². The summed E-state index contributed by atoms with van der Waals surface area (Å²) in [4.78, 5) is 25.7. The standard InChI is InChI=1S/C17H26N2O2/c1-12(2)11-16(18-14(4)20)17(21)19(5)13(3)15-9-7-6-8-10-15/h6-10,12-13,16H,11H2,1-5H3,(H,18,20)/t13-,16-/m0/s1. The van der Waals surface area contributed by atoms with Crippen molar-refractivity contribution < 1.29 is 9.59 Å². The fourth-order valence-corrected chi connectivity index (χ4v) is 2.33. The van der Waals surface area contributed by atoms with E-state index in [1.807, 2.05) is 51.1 Å². The number of hydrogen-bond acceptors (Lipinski definition) is 2. The Bertz CT molecular complexity index is 471. The molecule has 0 saturated carbocycles. The third kappa shape index (κ3) is 5.21. The molecule has 4 heteroatoms. The van der Waals surface area contributed by atoms with E-state index in [0.29, 0.717) is 12.3 Å². The lowest BCUT2D eigenvalue weighted by Gasteiger charge is -2.30. The third-order valence-electron chi connectivity index (χ3n) is 3.59. The van der Waals surface area contributed by atoms with Crippen molar-refractivity contribution >= 4 is 11.8 Å². The van der Waals surface area contributed by atoms with Crippen LogP contribution in [0.25, 0.3) is 0 Å². The SMILES string of the molecule is CC(=O)N[C@@H](CC(C)C)C(=O)N(C)[C@@H](C)c1ccccc1. The van der Waals surface area contributed by atoms with E-state index >= 15 is 0 Å². The van der Waals surface area contributed by atoms with Crippen molar-refractivity contribution in [2.75, 3.05) is 7.05 Å². The summed E-state index contributed by atoms with van der Waals surface area (Å²) in [6.07, 6.45) is 0.643. The molecule has 0 radical (unpaired) electrons. The summed E-state index contributed by atoms with van der Waals surface area (Å²) in [5, 5.41) is 2.77. The van der Waals surface area contributed by atoms with Crippen LogP contribution in [0.2, 0.25) is 0 Å². The number of nitrogens with zero attached hydrogens (tertiary/aromatic N) is 1. The zero-order valence-corrected chi connectivity index (χ0v) is 13.6. The highest BCUT2D eigenvalue weighted by Crippen LogP contribution is 2.20. The summed E-state index contributed by atoms with van der Waals surface area (Å²) in [6.45, 7) is 7.53. The van der Waals surface area contributed by atoms with Gasteiger partial charge in [-0.2, -0.15) is 0 Å². The first kappa shape index (κ1) is 17.2. The Labute approximate surface area is 127 Å². The van der Waals surface area contributed by atoms with Crippen LogP contribution in [0.4, 0.5) is 0 Å². The van der Waals surface area contributed by atoms with Gasteiger partial charge in [0.25, 0.3) is 0 Å². The fourth-order valence-electron chi connectivity index (χ4n) is 2.33. The van der Waals surface area contributed by atoms with Gasteiger partial charge >= 0.3 is 0 Å². The van der Waals surface area contributed by atoms with E-state index in [1.165, 1.54) is 6.92 Å². The zero-order valence-electron chi connectivity index (χ0n) is 13.6. The van der Waals surface area contributed by atoms with Crippen LogP contribution < -0.4 is 5.32 Å². The maximum absolute atomic E-state index is 12.6. The summed E-state index contributed by atoms with van der Waals surface area (Å²) in [7, 11) is 1.79. The monoisotopic (exact) mass is 290 g/mol. The summed E-state index contributed by atoms with van der Waals surface area (Å²) in [5.74, 6) is 0.122. The van der Waals surface area contributed by atoms with Gasteiger partial charge in [-0.15, -0.1) is 0 Å². The lowest BCUT2D eigenvalue weighted by atomic mass is 10.0. The number of nitrogens with one attached hydrogen (secondary N) is 1. The Morgan fingerprint density at radius 3 is 2.19 bits per heavy atom. The van der Waals surface area contributed by atoms with Gasteiger partial charge in [-0.25, -0.2) is 0 Å². The van der Waals surface area contributed by atoms with Gasteiger partial charge < -0.3 is 10.2 Å². The number of benzene rings is 1. The van der Waals surface area contributed by atoms with E-state index in [1.54, 1.807) is 11.9 Å². The minimum atomic E-state index is -0.460. The maximum Gasteiger partial charge on any atom is 0.245 e. The van der Waals surface area contributed by atoms with E-state index in [9.17, 15) is 9.59 Å². The summed E-state index contributed by atoms with van der Waals surface area (Å²) in [6, 6.07) is 9.40. The molecule has 0 unspecified atom stereocenters. The van der Waals surface area contributed by atoms with E-state index < -0.39 is 6.04 Å². The largest absolute Gasteiger partial charge is 0.345 e. The van der Waals surface area contributed by atoms with E-state index in [2.05, 4.69) is 5.32 Å². The number of hydrogen-bond donors (Lipinski definition) is 1. The molecule has 2 amide bonds. The minimum absolute atomic E-state index is 0.0258. The molecule has 116 valence electrons. The summed E-state index contributed by atoms with van der Waals surface area (Å²) in [5.41, 5.74) is 1.08. The van der Waals surface area contributed by atoms with E-state index in [4.69, 9.17) is 0 Å². The van der Waals surface area contributed by atoms with E-state index in [0.717, 1.165) is 5.56 Å². The molecule has 1 aromatic carbocycles. The molecule has 0 saturated heterocycles. The lowest BCUT2D eigenvalue weighted by Crippen LogP contribution is -2.48. The van der Waals surface area contributed by atoms with Crippen molar-refractivity contribution in [2.45, 2.75) is 46.2 Å². The lowest BCUT2D eigenvalue weighted by molar-refractivity contribution is -0.137. The molecule has 1 N–H and O–H groups in total. The Balaban J connectivity index is 2.84. The second-order valence-corrected chi connectivity index (χ2v) is 5.92. The van der Waals surface area contributed by atoms with Gasteiger partial charge in [-0.1, -0.05) is 44.2 Å². The molecule has 4 nitrogen and oxygen atoms in total. The molecular formula is C17H26N2O2. The first-order valence-corrected chi connectivity index (χ1v) is 7.41. The number of likely N-dealkylation sites (N-methyl/N-ethyl adjacent to an activating group) is 1. The Hall–Kier alpha value is -1.84. The molecule has 0 fully saturated rings. The normalized spacial score (nSPS) is 13.6. The number of carbonyl (C=O) groups excluding carboxylic acids is 2. The molecule has 0 bridgehead atoms. The van der Waals surface area contributed by atoms with Crippen LogP contribution in [0.3, 0.4) is 0 Å². The molecule has 1 aromatic rings. The van der Waals surface area contributed by atoms with Crippen molar-refractivity contribution in [1.82, 2.24) is 10.2 Å². The Morgan fingerprint density at radius 2 is 1.71 bits per heavy atom. The molecule has 2 atom stereocenters. The van der Waals surface area contributed by atoms with Gasteiger partial charge in [-0.05, 0) is 24.8 Å². The van der Waals surface area contributed by atoms with Gasteiger partial charge in [0.1, 0.15) is 6.04 Å². The second kappa shape index (κ2) is 7.81. The highest BCUT2D eigenvalue weighted by molar-refractivity contribution is 5.87. The molecule has 0 heterocycles. The van der Waals surface area contributed by atoms with Crippen molar-refractivity contribution in [3.8, 4) is 0 Å². The quantitative estimate of drug-likeness (QED) is 0.876. The maximum atomic E-state index is 12.6. The number of rotatable bonds is 6. The van der Waals surface area contributed by atoms with Crippen molar-refractivity contribution in [2.24, 2.45) is 5.92 Å². The fraction of sp³-hybridized carbons (Fsp3) is 0.529. The van der Waals surface area contributed by atoms with Crippen LogP contribution in [0.1, 0.15) is 45.7 Å². The van der Waals surface area contributed by atoms with Crippen LogP contribution in [0, 0.1) is 5.92 Å². The van der Waals surface area contributed by atoms with Gasteiger partial charge in [0.2, 0.25) is 11.8 Å². The van der Waals surface area contributed by atoms with E-state index in [-0.39, 0.29) is 17.9 Å². The summed E-state index contributed by atoms with van der Waals surface area (Å²) >= 11 is 0. The zero-order chi connectivity index (χ0) is 16.0. The average molecular weight is 290 g/mol. The van der Waals surface area contributed by atoms with Crippen LogP contribution in [0.5, 0.6) is 0 Å². The molecule has 0 aliphatic rings. The van der Waals surface area contributed by atoms with Crippen molar-refractivity contribution in [3.05, 3.63) is 35.9 Å². The summed E-state index contributed by atoms with van der Waals surface area (Å²) < 4.78 is 0. The van der Waals surface area contributed by atoms with Crippen LogP contribution in [-0.2, 0) is 9.59 Å². The second-order valence-electron chi connectivity index (χ2n) is 5.92. The Morgan fingerprint density at radius 1 is 1.14 bits per heavy atom. The van der Waals surface area contributed by atoms with Crippen molar-refractivity contribution in [1.29, 1.82) is 0 Å². The minimum Gasteiger partial charge on any atom is -0.345 e. The van der Waals surface area contributed by atoms with Crippen LogP contribution in [0.15, 0.2) is 30.3 Å². The average Bonchev–Trinajstić information content (AvgIpc) is 2.44. The predicted molar refractivity (Wildman–Crippen MR) is 84.7 cm³/mol. The molecule has 0 aliphatic heterocycles. The smallest absolute Gasteiger partial charge is 0.245 e. The first-order valence-electron chi connectivity index (χ1n) is 7.41. The predicted octanol–water partition coefficient (Wildman–Crippen LogP) is 2.76. The highest BCUT2D eigenvalue weighted by atomic mass is 16.2. The number of carbonyl (C=O) groups is 2.